The topological polar surface area (TPSA) is 125 Å². The predicted molar refractivity (Wildman–Crippen MR) is 155 cm³/mol. The number of fused-ring (bicyclic) bond motifs is 1. The van der Waals surface area contributed by atoms with E-state index in [1.54, 1.807) is 37.3 Å². The third-order valence-corrected chi connectivity index (χ3v) is 7.24. The summed E-state index contributed by atoms with van der Waals surface area (Å²) < 4.78 is 0. The lowest BCUT2D eigenvalue weighted by Crippen LogP contribution is -2.14. The number of thioether (sulfide) groups is 1. The first-order valence-corrected chi connectivity index (χ1v) is 13.0. The molecule has 0 bridgehead atoms. The summed E-state index contributed by atoms with van der Waals surface area (Å²) in [5.41, 5.74) is 1.54. The Morgan fingerprint density at radius 2 is 1.79 bits per heavy atom. The van der Waals surface area contributed by atoms with Gasteiger partial charge in [0.2, 0.25) is 5.91 Å². The number of halogens is 1. The van der Waals surface area contributed by atoms with E-state index >= 15 is 0 Å². The Balaban J connectivity index is 1.46. The summed E-state index contributed by atoms with van der Waals surface area (Å²) in [6, 6.07) is 24.5. The number of nitro groups is 1. The van der Waals surface area contributed by atoms with Gasteiger partial charge in [-0.1, -0.05) is 54.1 Å². The van der Waals surface area contributed by atoms with Crippen molar-refractivity contribution in [2.75, 3.05) is 16.4 Å². The molecule has 0 unspecified atom stereocenters. The number of hydrogen-bond acceptors (Lipinski definition) is 6. The highest BCUT2D eigenvalue weighted by atomic mass is 35.5. The smallest absolute Gasteiger partial charge is 0.283 e. The molecule has 0 spiro atoms. The average molecular weight is 557 g/mol. The average Bonchev–Trinajstić information content (AvgIpc) is 2.93. The molecule has 4 aromatic rings. The first-order chi connectivity index (χ1) is 18.7. The lowest BCUT2D eigenvalue weighted by atomic mass is 10.1. The Morgan fingerprint density at radius 1 is 1.03 bits per heavy atom. The van der Waals surface area contributed by atoms with Gasteiger partial charge in [0.25, 0.3) is 11.6 Å². The molecule has 39 heavy (non-hydrogen) atoms. The van der Waals surface area contributed by atoms with Gasteiger partial charge in [-0.3, -0.25) is 19.7 Å². The first-order valence-electron chi connectivity index (χ1n) is 11.6. The van der Waals surface area contributed by atoms with Crippen molar-refractivity contribution in [2.45, 2.75) is 11.8 Å². The van der Waals surface area contributed by atoms with Crippen molar-refractivity contribution in [1.82, 2.24) is 0 Å². The standard InChI is InChI=1S/C29H21ClN4O4S/c1-18-24(30)7-4-8-25(18)33-29(36)22(16-31)13-19-9-12-27(26(14-19)34(37)38)39-17-28(35)32-23-11-10-20-5-2-3-6-21(20)15-23/h2-15H,17H2,1H3,(H,32,35)(H,33,36)/b22-13+. The van der Waals surface area contributed by atoms with Crippen LogP contribution in [0.3, 0.4) is 0 Å². The van der Waals surface area contributed by atoms with Gasteiger partial charge < -0.3 is 10.6 Å². The van der Waals surface area contributed by atoms with Gasteiger partial charge in [0.15, 0.2) is 0 Å². The van der Waals surface area contributed by atoms with E-state index in [0.29, 0.717) is 27.5 Å². The number of anilines is 2. The summed E-state index contributed by atoms with van der Waals surface area (Å²) >= 11 is 7.11. The summed E-state index contributed by atoms with van der Waals surface area (Å²) in [6.07, 6.45) is 1.27. The predicted octanol–water partition coefficient (Wildman–Crippen LogP) is 6.99. The maximum atomic E-state index is 12.7. The highest BCUT2D eigenvalue weighted by molar-refractivity contribution is 8.00. The summed E-state index contributed by atoms with van der Waals surface area (Å²) in [4.78, 5) is 36.7. The number of rotatable bonds is 8. The molecule has 0 atom stereocenters. The van der Waals surface area contributed by atoms with Crippen LogP contribution in [-0.4, -0.2) is 22.5 Å². The van der Waals surface area contributed by atoms with Crippen LogP contribution < -0.4 is 10.6 Å². The highest BCUT2D eigenvalue weighted by Crippen LogP contribution is 2.31. The first kappa shape index (κ1) is 27.4. The summed E-state index contributed by atoms with van der Waals surface area (Å²) in [5, 5.41) is 29.2. The number of hydrogen-bond donors (Lipinski definition) is 2. The number of nitrogens with one attached hydrogen (secondary N) is 2. The van der Waals surface area contributed by atoms with E-state index in [9.17, 15) is 25.0 Å². The van der Waals surface area contributed by atoms with Gasteiger partial charge in [0, 0.05) is 22.5 Å². The molecule has 0 aromatic heterocycles. The van der Waals surface area contributed by atoms with Crippen LogP contribution in [0.2, 0.25) is 5.02 Å². The molecular weight excluding hydrogens is 536 g/mol. The normalized spacial score (nSPS) is 11.1. The number of benzene rings is 4. The maximum Gasteiger partial charge on any atom is 0.283 e. The van der Waals surface area contributed by atoms with Crippen LogP contribution in [0.15, 0.2) is 89.3 Å². The molecule has 0 aliphatic heterocycles. The summed E-state index contributed by atoms with van der Waals surface area (Å²) in [7, 11) is 0. The van der Waals surface area contributed by atoms with Gasteiger partial charge >= 0.3 is 0 Å². The fraction of sp³-hybridized carbons (Fsp3) is 0.0690. The van der Waals surface area contributed by atoms with Gasteiger partial charge in [-0.2, -0.15) is 5.26 Å². The molecule has 0 aliphatic carbocycles. The quantitative estimate of drug-likeness (QED) is 0.0792. The maximum absolute atomic E-state index is 12.7. The van der Waals surface area contributed by atoms with Crippen LogP contribution in [0, 0.1) is 28.4 Å². The van der Waals surface area contributed by atoms with Gasteiger partial charge in [-0.25, -0.2) is 0 Å². The Kier molecular flexibility index (Phi) is 8.61. The van der Waals surface area contributed by atoms with E-state index in [-0.39, 0.29) is 27.8 Å². The largest absolute Gasteiger partial charge is 0.325 e. The minimum absolute atomic E-state index is 0.0479. The molecule has 4 aromatic carbocycles. The SMILES string of the molecule is Cc1c(Cl)cccc1NC(=O)/C(C#N)=C/c1ccc(SCC(=O)Nc2ccc3ccccc3c2)c([N+](=O)[O-])c1. The van der Waals surface area contributed by atoms with E-state index < -0.39 is 10.8 Å². The number of amides is 2. The number of carbonyl (C=O) groups excluding carboxylic acids is 2. The molecule has 194 valence electrons. The number of nitrogens with zero attached hydrogens (tertiary/aromatic N) is 2. The Bertz CT molecular complexity index is 1680. The summed E-state index contributed by atoms with van der Waals surface area (Å²) in [6.45, 7) is 1.73. The third-order valence-electron chi connectivity index (χ3n) is 5.76. The second kappa shape index (κ2) is 12.3. The van der Waals surface area contributed by atoms with Gasteiger partial charge in [0.05, 0.1) is 15.6 Å². The van der Waals surface area contributed by atoms with Crippen LogP contribution in [0.5, 0.6) is 0 Å². The molecule has 10 heteroatoms. The van der Waals surface area contributed by atoms with Crippen molar-refractivity contribution in [2.24, 2.45) is 0 Å². The lowest BCUT2D eigenvalue weighted by Gasteiger charge is -2.09. The van der Waals surface area contributed by atoms with Crippen molar-refractivity contribution in [3.8, 4) is 6.07 Å². The molecule has 0 saturated heterocycles. The molecule has 0 saturated carbocycles. The molecule has 0 heterocycles. The van der Waals surface area contributed by atoms with Crippen molar-refractivity contribution < 1.29 is 14.5 Å². The van der Waals surface area contributed by atoms with Crippen molar-refractivity contribution in [1.29, 1.82) is 5.26 Å². The Labute approximate surface area is 233 Å². The summed E-state index contributed by atoms with van der Waals surface area (Å²) in [5.74, 6) is -1.03. The highest BCUT2D eigenvalue weighted by Gasteiger charge is 2.18. The minimum atomic E-state index is -0.672. The zero-order valence-electron chi connectivity index (χ0n) is 20.6. The van der Waals surface area contributed by atoms with Gasteiger partial charge in [-0.15, -0.1) is 11.8 Å². The van der Waals surface area contributed by atoms with E-state index in [4.69, 9.17) is 11.6 Å². The number of nitriles is 1. The molecule has 4 rings (SSSR count). The number of carbonyl (C=O) groups is 2. The molecule has 0 aliphatic rings. The molecule has 0 radical (unpaired) electrons. The number of nitro benzene ring substituents is 1. The van der Waals surface area contributed by atoms with E-state index in [0.717, 1.165) is 22.5 Å². The van der Waals surface area contributed by atoms with E-state index in [1.807, 2.05) is 42.5 Å². The van der Waals surface area contributed by atoms with Gasteiger partial charge in [0.1, 0.15) is 11.6 Å². The Hall–Kier alpha value is -4.65. The van der Waals surface area contributed by atoms with Crippen LogP contribution in [-0.2, 0) is 9.59 Å². The van der Waals surface area contributed by atoms with Gasteiger partial charge in [-0.05, 0) is 65.2 Å². The molecule has 2 N–H and O–H groups in total. The fourth-order valence-electron chi connectivity index (χ4n) is 3.74. The van der Waals surface area contributed by atoms with Crippen LogP contribution in [0.25, 0.3) is 16.8 Å². The van der Waals surface area contributed by atoms with Crippen LogP contribution in [0.4, 0.5) is 17.1 Å². The molecule has 8 nitrogen and oxygen atoms in total. The van der Waals surface area contributed by atoms with Crippen molar-refractivity contribution in [3.63, 3.8) is 0 Å². The third kappa shape index (κ3) is 6.82. The van der Waals surface area contributed by atoms with Crippen LogP contribution in [0.1, 0.15) is 11.1 Å². The van der Waals surface area contributed by atoms with Crippen molar-refractivity contribution >= 4 is 69.1 Å². The molecule has 0 fully saturated rings. The zero-order chi connectivity index (χ0) is 27.9. The minimum Gasteiger partial charge on any atom is -0.325 e. The lowest BCUT2D eigenvalue weighted by molar-refractivity contribution is -0.387. The Morgan fingerprint density at radius 3 is 2.54 bits per heavy atom. The monoisotopic (exact) mass is 556 g/mol. The fourth-order valence-corrected chi connectivity index (χ4v) is 4.72. The van der Waals surface area contributed by atoms with E-state index in [1.165, 1.54) is 18.2 Å². The molecule has 2 amide bonds. The van der Waals surface area contributed by atoms with Crippen LogP contribution >= 0.6 is 23.4 Å². The second-order valence-corrected chi connectivity index (χ2v) is 9.84. The van der Waals surface area contributed by atoms with Crippen molar-refractivity contribution in [3.05, 3.63) is 111 Å². The molecular formula is C29H21ClN4O4S. The second-order valence-electron chi connectivity index (χ2n) is 8.42. The van der Waals surface area contributed by atoms with E-state index in [2.05, 4.69) is 10.6 Å². The zero-order valence-corrected chi connectivity index (χ0v) is 22.2.